The first-order valence-corrected chi connectivity index (χ1v) is 9.41. The van der Waals surface area contributed by atoms with Crippen molar-refractivity contribution in [2.45, 2.75) is 21.8 Å². The first-order chi connectivity index (χ1) is 13.2. The van der Waals surface area contributed by atoms with Gasteiger partial charge >= 0.3 is 5.97 Å². The summed E-state index contributed by atoms with van der Waals surface area (Å²) in [6.07, 6.45) is 0.219. The Hall–Kier alpha value is -2.33. The quantitative estimate of drug-likeness (QED) is 0.477. The van der Waals surface area contributed by atoms with Gasteiger partial charge in [-0.15, -0.1) is 11.8 Å². The van der Waals surface area contributed by atoms with Gasteiger partial charge in [0.1, 0.15) is 10.5 Å². The van der Waals surface area contributed by atoms with Gasteiger partial charge in [-0.3, -0.25) is 15.4 Å². The second-order valence-corrected chi connectivity index (χ2v) is 8.00. The molecule has 0 amide bonds. The Morgan fingerprint density at radius 2 is 2.00 bits per heavy atom. The minimum atomic E-state index is -2.34. The molecular weight excluding hydrogens is 408 g/mol. The molecule has 3 N–H and O–H groups in total. The van der Waals surface area contributed by atoms with Crippen LogP contribution in [-0.4, -0.2) is 40.5 Å². The first-order valence-electron chi connectivity index (χ1n) is 8.22. The molecule has 1 aliphatic rings. The summed E-state index contributed by atoms with van der Waals surface area (Å²) in [7, 11) is 1.50. The highest BCUT2D eigenvalue weighted by atomic mass is 35.5. The molecule has 0 bridgehead atoms. The maximum Gasteiger partial charge on any atom is 0.353 e. The third kappa shape index (κ3) is 3.30. The van der Waals surface area contributed by atoms with E-state index >= 15 is 0 Å². The SMILES string of the molecule is COc1ccc(C2(Sc3cc(Cl)ccc3[N+](=O)[O-])CCNC2(O)C(=O)O)cc1. The van der Waals surface area contributed by atoms with E-state index in [2.05, 4.69) is 5.32 Å². The zero-order valence-electron chi connectivity index (χ0n) is 14.7. The van der Waals surface area contributed by atoms with E-state index in [-0.39, 0.29) is 28.6 Å². The topological polar surface area (TPSA) is 122 Å². The zero-order chi connectivity index (χ0) is 20.5. The van der Waals surface area contributed by atoms with E-state index in [1.807, 2.05) is 0 Å². The second-order valence-electron chi connectivity index (χ2n) is 6.22. The molecule has 1 fully saturated rings. The average Bonchev–Trinajstić information content (AvgIpc) is 3.00. The molecule has 0 saturated carbocycles. The van der Waals surface area contributed by atoms with Crippen molar-refractivity contribution in [1.82, 2.24) is 5.32 Å². The fourth-order valence-corrected chi connectivity index (χ4v) is 5.11. The Kier molecular flexibility index (Phi) is 5.53. The van der Waals surface area contributed by atoms with Crippen LogP contribution in [-0.2, 0) is 9.54 Å². The molecule has 3 rings (SSSR count). The lowest BCUT2D eigenvalue weighted by atomic mass is 9.87. The number of benzene rings is 2. The number of methoxy groups -OCH3 is 1. The van der Waals surface area contributed by atoms with Crippen LogP contribution in [0.5, 0.6) is 5.75 Å². The molecule has 148 valence electrons. The predicted molar refractivity (Wildman–Crippen MR) is 104 cm³/mol. The van der Waals surface area contributed by atoms with Crippen LogP contribution in [0, 0.1) is 10.1 Å². The normalized spacial score (nSPS) is 24.1. The predicted octanol–water partition coefficient (Wildman–Crippen LogP) is 3.01. The van der Waals surface area contributed by atoms with E-state index in [9.17, 15) is 25.1 Å². The molecule has 1 aliphatic heterocycles. The van der Waals surface area contributed by atoms with Crippen LogP contribution in [0.25, 0.3) is 0 Å². The van der Waals surface area contributed by atoms with Crippen molar-refractivity contribution in [2.75, 3.05) is 13.7 Å². The van der Waals surface area contributed by atoms with Crippen molar-refractivity contribution in [3.8, 4) is 5.75 Å². The number of ether oxygens (including phenoxy) is 1. The van der Waals surface area contributed by atoms with Gasteiger partial charge in [-0.25, -0.2) is 4.79 Å². The molecule has 0 radical (unpaired) electrons. The Balaban J connectivity index is 2.19. The molecule has 2 unspecified atom stereocenters. The summed E-state index contributed by atoms with van der Waals surface area (Å²) in [6, 6.07) is 10.6. The lowest BCUT2D eigenvalue weighted by Crippen LogP contribution is -2.58. The van der Waals surface area contributed by atoms with Gasteiger partial charge < -0.3 is 14.9 Å². The number of rotatable bonds is 6. The minimum Gasteiger partial charge on any atom is -0.497 e. The summed E-state index contributed by atoms with van der Waals surface area (Å²) in [5.74, 6) is -0.916. The number of hydrogen-bond donors (Lipinski definition) is 3. The standard InChI is InChI=1S/C18H17ClN2O6S/c1-27-13-5-2-11(3-6-13)17(8-9-20-18(17,24)16(22)23)28-15-10-12(19)4-7-14(15)21(25)26/h2-7,10,20,24H,8-9H2,1H3,(H,22,23). The number of carboxylic acid groups (broad SMARTS) is 1. The Morgan fingerprint density at radius 3 is 2.57 bits per heavy atom. The van der Waals surface area contributed by atoms with Crippen molar-refractivity contribution in [3.05, 3.63) is 63.2 Å². The number of halogens is 1. The van der Waals surface area contributed by atoms with Gasteiger partial charge in [0.2, 0.25) is 5.72 Å². The van der Waals surface area contributed by atoms with E-state index in [1.54, 1.807) is 24.3 Å². The van der Waals surface area contributed by atoms with Gasteiger partial charge in [0.25, 0.3) is 5.69 Å². The molecule has 28 heavy (non-hydrogen) atoms. The zero-order valence-corrected chi connectivity index (χ0v) is 16.3. The average molecular weight is 425 g/mol. The van der Waals surface area contributed by atoms with Crippen LogP contribution in [0.2, 0.25) is 5.02 Å². The molecule has 10 heteroatoms. The number of aliphatic carboxylic acids is 1. The van der Waals surface area contributed by atoms with Crippen molar-refractivity contribution in [1.29, 1.82) is 0 Å². The second kappa shape index (κ2) is 7.59. The molecule has 2 atom stereocenters. The lowest BCUT2D eigenvalue weighted by Gasteiger charge is -2.38. The summed E-state index contributed by atoms with van der Waals surface area (Å²) in [6.45, 7) is 0.205. The van der Waals surface area contributed by atoms with Gasteiger partial charge in [0, 0.05) is 17.6 Å². The molecule has 1 heterocycles. The van der Waals surface area contributed by atoms with Crippen LogP contribution in [0.4, 0.5) is 5.69 Å². The molecular formula is C18H17ClN2O6S. The number of nitro groups is 1. The number of nitrogens with zero attached hydrogens (tertiary/aromatic N) is 1. The van der Waals surface area contributed by atoms with E-state index in [0.717, 1.165) is 11.8 Å². The molecule has 0 aromatic heterocycles. The lowest BCUT2D eigenvalue weighted by molar-refractivity contribution is -0.387. The van der Waals surface area contributed by atoms with Gasteiger partial charge in [0.05, 0.1) is 16.9 Å². The maximum atomic E-state index is 12.0. The molecule has 2 aromatic carbocycles. The van der Waals surface area contributed by atoms with Gasteiger partial charge in [-0.05, 0) is 36.2 Å². The minimum absolute atomic E-state index is 0.164. The Bertz CT molecular complexity index is 925. The van der Waals surface area contributed by atoms with E-state index in [0.29, 0.717) is 11.3 Å². The fraction of sp³-hybridized carbons (Fsp3) is 0.278. The molecule has 2 aromatic rings. The molecule has 0 spiro atoms. The number of carbonyl (C=O) groups is 1. The maximum absolute atomic E-state index is 12.0. The third-order valence-electron chi connectivity index (χ3n) is 4.71. The van der Waals surface area contributed by atoms with E-state index < -0.39 is 21.4 Å². The van der Waals surface area contributed by atoms with Gasteiger partial charge in [-0.2, -0.15) is 0 Å². The third-order valence-corrected chi connectivity index (χ3v) is 6.58. The van der Waals surface area contributed by atoms with Gasteiger partial charge in [-0.1, -0.05) is 23.7 Å². The number of carboxylic acids is 1. The summed E-state index contributed by atoms with van der Waals surface area (Å²) < 4.78 is 3.71. The van der Waals surface area contributed by atoms with E-state index in [1.165, 1.54) is 25.3 Å². The number of nitro benzene ring substituents is 1. The van der Waals surface area contributed by atoms with E-state index in [4.69, 9.17) is 16.3 Å². The van der Waals surface area contributed by atoms with Crippen molar-refractivity contribution < 1.29 is 24.7 Å². The summed E-state index contributed by atoms with van der Waals surface area (Å²) in [5.41, 5.74) is -2.08. The van der Waals surface area contributed by atoms with Crippen molar-refractivity contribution >= 4 is 35.0 Å². The summed E-state index contributed by atoms with van der Waals surface area (Å²) >= 11 is 6.93. The van der Waals surface area contributed by atoms with Crippen molar-refractivity contribution in [2.24, 2.45) is 0 Å². The van der Waals surface area contributed by atoms with Crippen LogP contribution in [0.1, 0.15) is 12.0 Å². The highest BCUT2D eigenvalue weighted by Gasteiger charge is 2.61. The Morgan fingerprint density at radius 1 is 1.32 bits per heavy atom. The summed E-state index contributed by atoms with van der Waals surface area (Å²) in [5, 5.41) is 35.2. The molecule has 8 nitrogen and oxygen atoms in total. The van der Waals surface area contributed by atoms with Crippen LogP contribution in [0.3, 0.4) is 0 Å². The fourth-order valence-electron chi connectivity index (χ4n) is 3.30. The number of thioether (sulfide) groups is 1. The number of nitrogens with one attached hydrogen (secondary N) is 1. The first kappa shape index (κ1) is 20.4. The van der Waals surface area contributed by atoms with Crippen molar-refractivity contribution in [3.63, 3.8) is 0 Å². The summed E-state index contributed by atoms with van der Waals surface area (Å²) in [4.78, 5) is 23.1. The molecule has 1 saturated heterocycles. The number of hydrogen-bond acceptors (Lipinski definition) is 7. The highest BCUT2D eigenvalue weighted by molar-refractivity contribution is 8.00. The Labute approximate surface area is 169 Å². The van der Waals surface area contributed by atoms with Crippen LogP contribution < -0.4 is 10.1 Å². The highest BCUT2D eigenvalue weighted by Crippen LogP contribution is 2.55. The monoisotopic (exact) mass is 424 g/mol. The number of aliphatic hydroxyl groups is 1. The van der Waals surface area contributed by atoms with Crippen LogP contribution >= 0.6 is 23.4 Å². The largest absolute Gasteiger partial charge is 0.497 e. The smallest absolute Gasteiger partial charge is 0.353 e. The van der Waals surface area contributed by atoms with Gasteiger partial charge in [0.15, 0.2) is 0 Å². The van der Waals surface area contributed by atoms with Crippen LogP contribution in [0.15, 0.2) is 47.4 Å². The molecule has 0 aliphatic carbocycles.